The van der Waals surface area contributed by atoms with Gasteiger partial charge in [0.25, 0.3) is 0 Å². The lowest BCUT2D eigenvalue weighted by molar-refractivity contribution is 0.242. The predicted octanol–water partition coefficient (Wildman–Crippen LogP) is 3.93. The first-order valence-electron chi connectivity index (χ1n) is 8.64. The maximum absolute atomic E-state index is 12.0. The van der Waals surface area contributed by atoms with E-state index in [0.29, 0.717) is 12.4 Å². The van der Waals surface area contributed by atoms with E-state index in [4.69, 9.17) is 0 Å². The molecule has 0 saturated heterocycles. The van der Waals surface area contributed by atoms with Crippen LogP contribution in [0.2, 0.25) is 0 Å². The highest BCUT2D eigenvalue weighted by molar-refractivity contribution is 5.75. The zero-order valence-corrected chi connectivity index (χ0v) is 14.4. The van der Waals surface area contributed by atoms with E-state index >= 15 is 0 Å². The zero-order valence-electron chi connectivity index (χ0n) is 14.4. The van der Waals surface area contributed by atoms with Crippen molar-refractivity contribution in [1.82, 2.24) is 15.7 Å². The molecule has 0 bridgehead atoms. The lowest BCUT2D eigenvalue weighted by atomic mass is 9.88. The molecular formula is C21H22N4O. The fourth-order valence-electron chi connectivity index (χ4n) is 2.83. The normalized spacial score (nSPS) is 10.3. The molecule has 26 heavy (non-hydrogen) atoms. The number of nitrogens with zero attached hydrogens (tertiary/aromatic N) is 1. The van der Waals surface area contributed by atoms with Crippen molar-refractivity contribution in [3.05, 3.63) is 96.2 Å². The molecule has 0 unspecified atom stereocenters. The minimum atomic E-state index is -0.282. The summed E-state index contributed by atoms with van der Waals surface area (Å²) in [5, 5.41) is 2.88. The van der Waals surface area contributed by atoms with Crippen LogP contribution in [0, 0.1) is 0 Å². The Balaban J connectivity index is 1.54. The summed E-state index contributed by atoms with van der Waals surface area (Å²) in [6.45, 7) is 0.560. The smallest absolute Gasteiger partial charge is 0.333 e. The van der Waals surface area contributed by atoms with Gasteiger partial charge in [-0.05, 0) is 29.7 Å². The van der Waals surface area contributed by atoms with Crippen LogP contribution >= 0.6 is 0 Å². The number of urea groups is 1. The number of benzene rings is 2. The van der Waals surface area contributed by atoms with E-state index in [1.807, 2.05) is 48.5 Å². The molecule has 0 atom stereocenters. The number of carbonyl (C=O) groups excluding carboxylic acids is 1. The first-order chi connectivity index (χ1) is 12.8. The highest BCUT2D eigenvalue weighted by Gasteiger charge is 2.14. The second-order valence-corrected chi connectivity index (χ2v) is 5.88. The Morgan fingerprint density at radius 3 is 2.04 bits per heavy atom. The van der Waals surface area contributed by atoms with E-state index in [1.54, 1.807) is 12.3 Å². The van der Waals surface area contributed by atoms with Crippen molar-refractivity contribution in [2.45, 2.75) is 12.3 Å². The van der Waals surface area contributed by atoms with Crippen LogP contribution in [0.5, 0.6) is 0 Å². The predicted molar refractivity (Wildman–Crippen MR) is 104 cm³/mol. The van der Waals surface area contributed by atoms with E-state index in [9.17, 15) is 4.79 Å². The Morgan fingerprint density at radius 2 is 1.46 bits per heavy atom. The largest absolute Gasteiger partial charge is 0.337 e. The van der Waals surface area contributed by atoms with Crippen LogP contribution in [0.15, 0.2) is 85.1 Å². The molecule has 0 aliphatic rings. The highest BCUT2D eigenvalue weighted by Crippen LogP contribution is 2.27. The van der Waals surface area contributed by atoms with Gasteiger partial charge >= 0.3 is 6.03 Å². The minimum Gasteiger partial charge on any atom is -0.337 e. The minimum absolute atomic E-state index is 0.237. The Kier molecular flexibility index (Phi) is 6.20. The SMILES string of the molecule is O=C(NCCC(c1ccccc1)c1ccccc1)NNc1ccccn1. The van der Waals surface area contributed by atoms with E-state index < -0.39 is 0 Å². The standard InChI is InChI=1S/C21H22N4O/c26-21(25-24-20-13-7-8-15-22-20)23-16-14-19(17-9-3-1-4-10-17)18-11-5-2-6-12-18/h1-13,15,19H,14,16H2,(H,22,24)(H2,23,25,26). The molecule has 0 fully saturated rings. The van der Waals surface area contributed by atoms with E-state index in [2.05, 4.69) is 45.4 Å². The van der Waals surface area contributed by atoms with Crippen LogP contribution < -0.4 is 16.2 Å². The quantitative estimate of drug-likeness (QED) is 0.568. The lowest BCUT2D eigenvalue weighted by Crippen LogP contribution is -2.39. The van der Waals surface area contributed by atoms with Gasteiger partial charge in [-0.25, -0.2) is 9.78 Å². The van der Waals surface area contributed by atoms with Crippen molar-refractivity contribution in [1.29, 1.82) is 0 Å². The second-order valence-electron chi connectivity index (χ2n) is 5.88. The summed E-state index contributed by atoms with van der Waals surface area (Å²) < 4.78 is 0. The molecule has 1 aromatic heterocycles. The molecule has 132 valence electrons. The molecule has 5 nitrogen and oxygen atoms in total. The Bertz CT molecular complexity index is 755. The van der Waals surface area contributed by atoms with Gasteiger partial charge in [-0.2, -0.15) is 0 Å². The molecule has 3 rings (SSSR count). The van der Waals surface area contributed by atoms with Crippen molar-refractivity contribution >= 4 is 11.8 Å². The fraction of sp³-hybridized carbons (Fsp3) is 0.143. The van der Waals surface area contributed by atoms with Gasteiger partial charge in [-0.3, -0.25) is 10.9 Å². The number of hydrazine groups is 1. The Morgan fingerprint density at radius 1 is 0.846 bits per heavy atom. The molecule has 1 heterocycles. The summed E-state index contributed by atoms with van der Waals surface area (Å²) in [5.74, 6) is 0.829. The molecule has 3 N–H and O–H groups in total. The van der Waals surface area contributed by atoms with Gasteiger partial charge in [0, 0.05) is 18.7 Å². The number of anilines is 1. The summed E-state index contributed by atoms with van der Waals surface area (Å²) in [7, 11) is 0. The first-order valence-corrected chi connectivity index (χ1v) is 8.64. The molecule has 3 aromatic rings. The van der Waals surface area contributed by atoms with Crippen LogP contribution in [0.4, 0.5) is 10.6 Å². The lowest BCUT2D eigenvalue weighted by Gasteiger charge is -2.18. The number of carbonyl (C=O) groups is 1. The van der Waals surface area contributed by atoms with Crippen molar-refractivity contribution < 1.29 is 4.79 Å². The van der Waals surface area contributed by atoms with Gasteiger partial charge in [0.15, 0.2) is 0 Å². The monoisotopic (exact) mass is 346 g/mol. The molecule has 0 radical (unpaired) electrons. The molecule has 5 heteroatoms. The summed E-state index contributed by atoms with van der Waals surface area (Å²) in [4.78, 5) is 16.0. The fourth-order valence-corrected chi connectivity index (χ4v) is 2.83. The van der Waals surface area contributed by atoms with Crippen LogP contribution in [-0.4, -0.2) is 17.6 Å². The molecule has 0 aliphatic heterocycles. The number of amides is 2. The van der Waals surface area contributed by atoms with Crippen molar-refractivity contribution in [3.8, 4) is 0 Å². The molecule has 0 saturated carbocycles. The molecule has 2 aromatic carbocycles. The average Bonchev–Trinajstić information content (AvgIpc) is 2.72. The van der Waals surface area contributed by atoms with E-state index in [0.717, 1.165) is 6.42 Å². The van der Waals surface area contributed by atoms with Crippen LogP contribution in [0.1, 0.15) is 23.5 Å². The van der Waals surface area contributed by atoms with Gasteiger partial charge in [0.2, 0.25) is 0 Å². The molecule has 2 amide bonds. The number of hydrogen-bond donors (Lipinski definition) is 3. The number of nitrogens with one attached hydrogen (secondary N) is 3. The van der Waals surface area contributed by atoms with Gasteiger partial charge in [-0.15, -0.1) is 0 Å². The van der Waals surface area contributed by atoms with Crippen molar-refractivity contribution in [2.75, 3.05) is 12.0 Å². The average molecular weight is 346 g/mol. The second kappa shape index (κ2) is 9.22. The Labute approximate surface area is 153 Å². The summed E-state index contributed by atoms with van der Waals surface area (Å²) in [5.41, 5.74) is 7.85. The zero-order chi connectivity index (χ0) is 18.0. The summed E-state index contributed by atoms with van der Waals surface area (Å²) in [6, 6.07) is 25.9. The first kappa shape index (κ1) is 17.5. The highest BCUT2D eigenvalue weighted by atomic mass is 16.2. The van der Waals surface area contributed by atoms with Gasteiger partial charge in [0.05, 0.1) is 0 Å². The summed E-state index contributed by atoms with van der Waals surface area (Å²) >= 11 is 0. The number of rotatable bonds is 7. The number of aromatic nitrogens is 1. The maximum Gasteiger partial charge on any atom is 0.333 e. The van der Waals surface area contributed by atoms with Crippen molar-refractivity contribution in [3.63, 3.8) is 0 Å². The third kappa shape index (κ3) is 5.08. The maximum atomic E-state index is 12.0. The van der Waals surface area contributed by atoms with Gasteiger partial charge < -0.3 is 5.32 Å². The molecule has 0 spiro atoms. The number of hydrogen-bond acceptors (Lipinski definition) is 3. The van der Waals surface area contributed by atoms with Crippen LogP contribution in [-0.2, 0) is 0 Å². The molecular weight excluding hydrogens is 324 g/mol. The summed E-state index contributed by atoms with van der Waals surface area (Å²) in [6.07, 6.45) is 2.47. The van der Waals surface area contributed by atoms with E-state index in [1.165, 1.54) is 11.1 Å². The van der Waals surface area contributed by atoms with E-state index in [-0.39, 0.29) is 11.9 Å². The van der Waals surface area contributed by atoms with Crippen LogP contribution in [0.3, 0.4) is 0 Å². The van der Waals surface area contributed by atoms with Crippen molar-refractivity contribution in [2.24, 2.45) is 0 Å². The molecule has 0 aliphatic carbocycles. The van der Waals surface area contributed by atoms with Gasteiger partial charge in [0.1, 0.15) is 5.82 Å². The Hall–Kier alpha value is -3.34. The number of pyridine rings is 1. The van der Waals surface area contributed by atoms with Crippen LogP contribution in [0.25, 0.3) is 0 Å². The van der Waals surface area contributed by atoms with Gasteiger partial charge in [-0.1, -0.05) is 66.7 Å². The topological polar surface area (TPSA) is 66.1 Å². The third-order valence-electron chi connectivity index (χ3n) is 4.09. The third-order valence-corrected chi connectivity index (χ3v) is 4.09.